The summed E-state index contributed by atoms with van der Waals surface area (Å²) in [5.41, 5.74) is 0.724. The van der Waals surface area contributed by atoms with Gasteiger partial charge < -0.3 is 15.4 Å². The molecule has 0 aliphatic carbocycles. The summed E-state index contributed by atoms with van der Waals surface area (Å²) in [5.74, 6) is 1.29. The van der Waals surface area contributed by atoms with Crippen molar-refractivity contribution in [3.05, 3.63) is 23.2 Å². The molecule has 2 rings (SSSR count). The number of hydrogen-bond donors (Lipinski definition) is 2. The van der Waals surface area contributed by atoms with Crippen LogP contribution in [0.1, 0.15) is 25.7 Å². The van der Waals surface area contributed by atoms with E-state index in [-0.39, 0.29) is 5.91 Å². The summed E-state index contributed by atoms with van der Waals surface area (Å²) < 4.78 is 5.13. The largest absolute Gasteiger partial charge is 0.495 e. The van der Waals surface area contributed by atoms with E-state index >= 15 is 0 Å². The van der Waals surface area contributed by atoms with Gasteiger partial charge in [-0.1, -0.05) is 11.6 Å². The fourth-order valence-electron chi connectivity index (χ4n) is 2.47. The number of ether oxygens (including phenoxy) is 1. The Morgan fingerprint density at radius 3 is 2.90 bits per heavy atom. The number of anilines is 1. The van der Waals surface area contributed by atoms with E-state index in [4.69, 9.17) is 16.3 Å². The molecule has 4 nitrogen and oxygen atoms in total. The van der Waals surface area contributed by atoms with Crippen LogP contribution in [0.25, 0.3) is 0 Å². The van der Waals surface area contributed by atoms with Crippen molar-refractivity contribution in [1.29, 1.82) is 0 Å². The topological polar surface area (TPSA) is 50.4 Å². The molecule has 1 amide bonds. The van der Waals surface area contributed by atoms with Gasteiger partial charge in [-0.2, -0.15) is 0 Å². The van der Waals surface area contributed by atoms with Crippen LogP contribution in [-0.4, -0.2) is 26.1 Å². The molecule has 0 atom stereocenters. The van der Waals surface area contributed by atoms with E-state index in [2.05, 4.69) is 10.6 Å². The number of piperidine rings is 1. The van der Waals surface area contributed by atoms with Gasteiger partial charge in [0, 0.05) is 18.2 Å². The molecule has 1 aromatic carbocycles. The Kier molecular flexibility index (Phi) is 5.68. The Morgan fingerprint density at radius 2 is 2.20 bits per heavy atom. The van der Waals surface area contributed by atoms with Crippen molar-refractivity contribution in [3.63, 3.8) is 0 Å². The normalized spacial score (nSPS) is 15.9. The lowest BCUT2D eigenvalue weighted by Crippen LogP contribution is -2.28. The van der Waals surface area contributed by atoms with E-state index in [0.29, 0.717) is 23.1 Å². The van der Waals surface area contributed by atoms with Crippen molar-refractivity contribution in [2.75, 3.05) is 25.5 Å². The standard InChI is InChI=1S/C15H21ClN2O2/c1-20-14-10-12(3-4-13(14)16)18-15(19)5-2-11-6-8-17-9-7-11/h3-4,10-11,17H,2,5-9H2,1H3,(H,18,19). The fraction of sp³-hybridized carbons (Fsp3) is 0.533. The van der Waals surface area contributed by atoms with Crippen molar-refractivity contribution in [2.45, 2.75) is 25.7 Å². The Hall–Kier alpha value is -1.26. The number of benzene rings is 1. The van der Waals surface area contributed by atoms with Gasteiger partial charge >= 0.3 is 0 Å². The summed E-state index contributed by atoms with van der Waals surface area (Å²) in [6, 6.07) is 5.25. The molecule has 0 bridgehead atoms. The van der Waals surface area contributed by atoms with Crippen LogP contribution < -0.4 is 15.4 Å². The third-order valence-corrected chi connectivity index (χ3v) is 3.99. The molecule has 0 unspecified atom stereocenters. The quantitative estimate of drug-likeness (QED) is 0.878. The smallest absolute Gasteiger partial charge is 0.224 e. The fourth-order valence-corrected chi connectivity index (χ4v) is 2.66. The molecule has 2 N–H and O–H groups in total. The van der Waals surface area contributed by atoms with Crippen LogP contribution in [0, 0.1) is 5.92 Å². The highest BCUT2D eigenvalue weighted by Crippen LogP contribution is 2.27. The molecule has 0 spiro atoms. The Bertz CT molecular complexity index is 459. The molecular weight excluding hydrogens is 276 g/mol. The molecule has 1 aliphatic heterocycles. The first kappa shape index (κ1) is 15.1. The highest BCUT2D eigenvalue weighted by Gasteiger charge is 2.14. The SMILES string of the molecule is COc1cc(NC(=O)CCC2CCNCC2)ccc1Cl. The van der Waals surface area contributed by atoms with Crippen molar-refractivity contribution < 1.29 is 9.53 Å². The van der Waals surface area contributed by atoms with Crippen molar-refractivity contribution >= 4 is 23.2 Å². The second kappa shape index (κ2) is 7.50. The number of halogens is 1. The van der Waals surface area contributed by atoms with Crippen LogP contribution in [0.4, 0.5) is 5.69 Å². The predicted octanol–water partition coefficient (Wildman–Crippen LogP) is 3.07. The zero-order chi connectivity index (χ0) is 14.4. The molecule has 110 valence electrons. The third kappa shape index (κ3) is 4.39. The minimum atomic E-state index is 0.0490. The van der Waals surface area contributed by atoms with Gasteiger partial charge in [0.1, 0.15) is 5.75 Å². The van der Waals surface area contributed by atoms with Crippen LogP contribution >= 0.6 is 11.6 Å². The number of hydrogen-bond acceptors (Lipinski definition) is 3. The maximum absolute atomic E-state index is 11.9. The van der Waals surface area contributed by atoms with Gasteiger partial charge in [-0.3, -0.25) is 4.79 Å². The maximum Gasteiger partial charge on any atom is 0.224 e. The first-order valence-electron chi connectivity index (χ1n) is 7.03. The molecule has 1 aromatic rings. The molecule has 5 heteroatoms. The van der Waals surface area contributed by atoms with Crippen molar-refractivity contribution in [2.24, 2.45) is 5.92 Å². The minimum Gasteiger partial charge on any atom is -0.495 e. The lowest BCUT2D eigenvalue weighted by molar-refractivity contribution is -0.116. The van der Waals surface area contributed by atoms with E-state index in [1.165, 1.54) is 12.8 Å². The van der Waals surface area contributed by atoms with E-state index in [0.717, 1.165) is 25.2 Å². The summed E-state index contributed by atoms with van der Waals surface area (Å²) in [6.07, 6.45) is 3.86. The first-order chi connectivity index (χ1) is 9.69. The highest BCUT2D eigenvalue weighted by atomic mass is 35.5. The van der Waals surface area contributed by atoms with Crippen LogP contribution in [0.3, 0.4) is 0 Å². The van der Waals surface area contributed by atoms with E-state index in [1.54, 1.807) is 25.3 Å². The molecule has 0 aromatic heterocycles. The van der Waals surface area contributed by atoms with Gasteiger partial charge in [0.15, 0.2) is 0 Å². The maximum atomic E-state index is 11.9. The number of methoxy groups -OCH3 is 1. The molecule has 0 saturated carbocycles. The average Bonchev–Trinajstić information content (AvgIpc) is 2.48. The molecule has 1 fully saturated rings. The van der Waals surface area contributed by atoms with Gasteiger partial charge in [0.25, 0.3) is 0 Å². The molecule has 1 heterocycles. The third-order valence-electron chi connectivity index (χ3n) is 3.67. The number of nitrogens with one attached hydrogen (secondary N) is 2. The number of carbonyl (C=O) groups is 1. The first-order valence-corrected chi connectivity index (χ1v) is 7.41. The van der Waals surface area contributed by atoms with Crippen LogP contribution in [-0.2, 0) is 4.79 Å². The number of rotatable bonds is 5. The summed E-state index contributed by atoms with van der Waals surface area (Å²) in [5, 5.41) is 6.77. The zero-order valence-electron chi connectivity index (χ0n) is 11.7. The molecule has 20 heavy (non-hydrogen) atoms. The summed E-state index contributed by atoms with van der Waals surface area (Å²) >= 11 is 5.95. The monoisotopic (exact) mass is 296 g/mol. The lowest BCUT2D eigenvalue weighted by atomic mass is 9.93. The second-order valence-electron chi connectivity index (χ2n) is 5.13. The number of amides is 1. The molecule has 1 saturated heterocycles. The van der Waals surface area contributed by atoms with Crippen LogP contribution in [0.5, 0.6) is 5.75 Å². The minimum absolute atomic E-state index is 0.0490. The van der Waals surface area contributed by atoms with Crippen molar-refractivity contribution in [3.8, 4) is 5.75 Å². The summed E-state index contributed by atoms with van der Waals surface area (Å²) in [6.45, 7) is 2.14. The van der Waals surface area contributed by atoms with Gasteiger partial charge in [-0.15, -0.1) is 0 Å². The van der Waals surface area contributed by atoms with Gasteiger partial charge in [-0.25, -0.2) is 0 Å². The van der Waals surface area contributed by atoms with E-state index in [1.807, 2.05) is 0 Å². The van der Waals surface area contributed by atoms with E-state index < -0.39 is 0 Å². The zero-order valence-corrected chi connectivity index (χ0v) is 12.5. The van der Waals surface area contributed by atoms with Crippen LogP contribution in [0.15, 0.2) is 18.2 Å². The Labute approximate surface area is 124 Å². The molecule has 1 aliphatic rings. The highest BCUT2D eigenvalue weighted by molar-refractivity contribution is 6.32. The van der Waals surface area contributed by atoms with Gasteiger partial charge in [-0.05, 0) is 50.4 Å². The Balaban J connectivity index is 1.81. The second-order valence-corrected chi connectivity index (χ2v) is 5.54. The van der Waals surface area contributed by atoms with Crippen molar-refractivity contribution in [1.82, 2.24) is 5.32 Å². The lowest BCUT2D eigenvalue weighted by Gasteiger charge is -2.22. The average molecular weight is 297 g/mol. The van der Waals surface area contributed by atoms with Crippen LogP contribution in [0.2, 0.25) is 5.02 Å². The van der Waals surface area contributed by atoms with Gasteiger partial charge in [0.2, 0.25) is 5.91 Å². The van der Waals surface area contributed by atoms with Gasteiger partial charge in [0.05, 0.1) is 12.1 Å². The summed E-state index contributed by atoms with van der Waals surface area (Å²) in [7, 11) is 1.56. The molecule has 0 radical (unpaired) electrons. The predicted molar refractivity (Wildman–Crippen MR) is 81.5 cm³/mol. The molecular formula is C15H21ClN2O2. The summed E-state index contributed by atoms with van der Waals surface area (Å²) in [4.78, 5) is 11.9. The number of carbonyl (C=O) groups excluding carboxylic acids is 1. The van der Waals surface area contributed by atoms with E-state index in [9.17, 15) is 4.79 Å². The Morgan fingerprint density at radius 1 is 1.45 bits per heavy atom.